The molecule has 3 N–H and O–H groups in total. The summed E-state index contributed by atoms with van der Waals surface area (Å²) in [5, 5.41) is 12.4. The van der Waals surface area contributed by atoms with Crippen LogP contribution < -0.4 is 16.2 Å². The molecule has 0 aromatic heterocycles. The van der Waals surface area contributed by atoms with E-state index in [1.165, 1.54) is 16.0 Å². The van der Waals surface area contributed by atoms with Gasteiger partial charge in [0, 0.05) is 0 Å². The highest BCUT2D eigenvalue weighted by Crippen LogP contribution is 2.24. The molecule has 1 aromatic rings. The Labute approximate surface area is 106 Å². The van der Waals surface area contributed by atoms with Gasteiger partial charge in [0.2, 0.25) is 0 Å². The predicted octanol–water partition coefficient (Wildman–Crippen LogP) is 0.596. The van der Waals surface area contributed by atoms with Crippen LogP contribution in [0.15, 0.2) is 48.1 Å². The molecule has 0 saturated heterocycles. The maximum absolute atomic E-state index is 9.85. The molecular formula is C16H17NO. The van der Waals surface area contributed by atoms with Gasteiger partial charge in [-0.2, -0.15) is 0 Å². The third kappa shape index (κ3) is 1.84. The topological polar surface area (TPSA) is 46.2 Å². The van der Waals surface area contributed by atoms with E-state index in [-0.39, 0.29) is 6.04 Å². The first-order chi connectivity index (χ1) is 8.77. The number of aliphatic hydroxyl groups excluding tert-OH is 1. The second-order valence-corrected chi connectivity index (χ2v) is 4.83. The zero-order valence-electron chi connectivity index (χ0n) is 10.2. The SMILES string of the molecule is NC1C(C2=c3ccccc3=CCC2)=CC=CC1O. The van der Waals surface area contributed by atoms with Crippen LogP contribution in [-0.4, -0.2) is 17.3 Å². The van der Waals surface area contributed by atoms with Crippen molar-refractivity contribution < 1.29 is 5.11 Å². The minimum absolute atomic E-state index is 0.309. The van der Waals surface area contributed by atoms with Gasteiger partial charge in [-0.25, -0.2) is 0 Å². The number of aliphatic hydroxyl groups is 1. The molecule has 0 aliphatic heterocycles. The molecule has 0 fully saturated rings. The highest BCUT2D eigenvalue weighted by Gasteiger charge is 2.22. The van der Waals surface area contributed by atoms with E-state index in [1.54, 1.807) is 6.08 Å². The molecule has 2 aliphatic carbocycles. The van der Waals surface area contributed by atoms with Gasteiger partial charge < -0.3 is 10.8 Å². The van der Waals surface area contributed by atoms with Crippen LogP contribution in [0.1, 0.15) is 12.8 Å². The van der Waals surface area contributed by atoms with Gasteiger partial charge in [-0.05, 0) is 34.4 Å². The Morgan fingerprint density at radius 3 is 2.94 bits per heavy atom. The second-order valence-electron chi connectivity index (χ2n) is 4.83. The molecule has 2 heteroatoms. The number of rotatable bonds is 1. The van der Waals surface area contributed by atoms with Crippen molar-refractivity contribution in [3.05, 3.63) is 58.5 Å². The summed E-state index contributed by atoms with van der Waals surface area (Å²) in [7, 11) is 0. The third-order valence-corrected chi connectivity index (χ3v) is 3.70. The lowest BCUT2D eigenvalue weighted by Crippen LogP contribution is -2.40. The summed E-state index contributed by atoms with van der Waals surface area (Å²) in [5.74, 6) is 0. The van der Waals surface area contributed by atoms with E-state index >= 15 is 0 Å². The van der Waals surface area contributed by atoms with Crippen LogP contribution >= 0.6 is 0 Å². The Kier molecular flexibility index (Phi) is 2.90. The Bertz CT molecular complexity index is 639. The number of nitrogens with two attached hydrogens (primary N) is 1. The third-order valence-electron chi connectivity index (χ3n) is 3.70. The number of fused-ring (bicyclic) bond motifs is 1. The maximum Gasteiger partial charge on any atom is 0.0916 e. The molecule has 18 heavy (non-hydrogen) atoms. The van der Waals surface area contributed by atoms with Crippen LogP contribution in [0.3, 0.4) is 0 Å². The molecule has 2 atom stereocenters. The minimum Gasteiger partial charge on any atom is -0.387 e. The van der Waals surface area contributed by atoms with Gasteiger partial charge in [-0.1, -0.05) is 48.6 Å². The van der Waals surface area contributed by atoms with E-state index in [2.05, 4.69) is 30.3 Å². The Morgan fingerprint density at radius 2 is 2.06 bits per heavy atom. The van der Waals surface area contributed by atoms with E-state index in [4.69, 9.17) is 5.73 Å². The van der Waals surface area contributed by atoms with Crippen LogP contribution in [0.5, 0.6) is 0 Å². The molecule has 0 heterocycles. The monoisotopic (exact) mass is 239 g/mol. The number of hydrogen-bond donors (Lipinski definition) is 2. The average molecular weight is 239 g/mol. The summed E-state index contributed by atoms with van der Waals surface area (Å²) >= 11 is 0. The van der Waals surface area contributed by atoms with Crippen LogP contribution in [0.25, 0.3) is 11.6 Å². The predicted molar refractivity (Wildman–Crippen MR) is 74.0 cm³/mol. The van der Waals surface area contributed by atoms with Crippen molar-refractivity contribution in [2.24, 2.45) is 5.73 Å². The molecule has 2 nitrogen and oxygen atoms in total. The van der Waals surface area contributed by atoms with Gasteiger partial charge in [-0.3, -0.25) is 0 Å². The molecule has 2 aliphatic rings. The van der Waals surface area contributed by atoms with Crippen molar-refractivity contribution in [1.29, 1.82) is 0 Å². The summed E-state index contributed by atoms with van der Waals surface area (Å²) in [6.45, 7) is 0. The molecule has 0 radical (unpaired) electrons. The van der Waals surface area contributed by atoms with E-state index in [0.717, 1.165) is 18.4 Å². The molecule has 3 rings (SSSR count). The van der Waals surface area contributed by atoms with E-state index in [1.807, 2.05) is 12.2 Å². The number of benzene rings is 1. The largest absolute Gasteiger partial charge is 0.387 e. The molecule has 0 saturated carbocycles. The summed E-state index contributed by atoms with van der Waals surface area (Å²) in [6, 6.07) is 8.08. The lowest BCUT2D eigenvalue weighted by molar-refractivity contribution is 0.204. The number of hydrogen-bond acceptors (Lipinski definition) is 2. The quantitative estimate of drug-likeness (QED) is 0.753. The fourth-order valence-electron chi connectivity index (χ4n) is 2.75. The van der Waals surface area contributed by atoms with Gasteiger partial charge in [0.1, 0.15) is 0 Å². The summed E-state index contributed by atoms with van der Waals surface area (Å²) in [6.07, 6.45) is 9.41. The first-order valence-electron chi connectivity index (χ1n) is 6.38. The zero-order valence-corrected chi connectivity index (χ0v) is 10.2. The van der Waals surface area contributed by atoms with Crippen molar-refractivity contribution in [2.45, 2.75) is 25.0 Å². The molecule has 2 unspecified atom stereocenters. The smallest absolute Gasteiger partial charge is 0.0916 e. The van der Waals surface area contributed by atoms with Crippen molar-refractivity contribution in [3.63, 3.8) is 0 Å². The Balaban J connectivity index is 2.22. The molecule has 0 spiro atoms. The molecular weight excluding hydrogens is 222 g/mol. The van der Waals surface area contributed by atoms with Crippen LogP contribution in [0.2, 0.25) is 0 Å². The van der Waals surface area contributed by atoms with Gasteiger partial charge in [-0.15, -0.1) is 0 Å². The standard InChI is InChI=1S/C16H17NO/c17-16-14(9-4-10-15(16)18)13-8-3-6-11-5-1-2-7-12(11)13/h1-2,4-7,9-10,15-16,18H,3,8,17H2. The van der Waals surface area contributed by atoms with Crippen molar-refractivity contribution in [2.75, 3.05) is 0 Å². The minimum atomic E-state index is -0.574. The number of allylic oxidation sites excluding steroid dienone is 2. The molecule has 1 aromatic carbocycles. The van der Waals surface area contributed by atoms with Gasteiger partial charge in [0.15, 0.2) is 0 Å². The van der Waals surface area contributed by atoms with Gasteiger partial charge in [0.25, 0.3) is 0 Å². The van der Waals surface area contributed by atoms with Crippen LogP contribution in [0, 0.1) is 0 Å². The summed E-state index contributed by atoms with van der Waals surface area (Å²) in [4.78, 5) is 0. The van der Waals surface area contributed by atoms with Crippen LogP contribution in [0.4, 0.5) is 0 Å². The first-order valence-corrected chi connectivity index (χ1v) is 6.38. The van der Waals surface area contributed by atoms with E-state index in [0.29, 0.717) is 0 Å². The summed E-state index contributed by atoms with van der Waals surface area (Å²) in [5.41, 5.74) is 8.47. The lowest BCUT2D eigenvalue weighted by Gasteiger charge is -2.25. The normalized spacial score (nSPS) is 26.3. The van der Waals surface area contributed by atoms with Crippen LogP contribution in [-0.2, 0) is 0 Å². The molecule has 92 valence electrons. The summed E-state index contributed by atoms with van der Waals surface area (Å²) < 4.78 is 0. The molecule has 0 amide bonds. The second kappa shape index (κ2) is 4.56. The average Bonchev–Trinajstić information content (AvgIpc) is 2.41. The Morgan fingerprint density at radius 1 is 1.22 bits per heavy atom. The highest BCUT2D eigenvalue weighted by atomic mass is 16.3. The van der Waals surface area contributed by atoms with Crippen molar-refractivity contribution in [3.8, 4) is 0 Å². The fraction of sp³-hybridized carbons (Fsp3) is 0.250. The highest BCUT2D eigenvalue weighted by molar-refractivity contribution is 5.70. The van der Waals surface area contributed by atoms with E-state index < -0.39 is 6.10 Å². The van der Waals surface area contributed by atoms with Gasteiger partial charge >= 0.3 is 0 Å². The fourth-order valence-corrected chi connectivity index (χ4v) is 2.75. The van der Waals surface area contributed by atoms with Gasteiger partial charge in [0.05, 0.1) is 12.1 Å². The Hall–Kier alpha value is -1.64. The van der Waals surface area contributed by atoms with Crippen molar-refractivity contribution in [1.82, 2.24) is 0 Å². The van der Waals surface area contributed by atoms with E-state index in [9.17, 15) is 5.11 Å². The van der Waals surface area contributed by atoms with Crippen molar-refractivity contribution >= 4 is 11.6 Å². The molecule has 0 bridgehead atoms. The maximum atomic E-state index is 9.85. The first kappa shape index (κ1) is 11.5. The zero-order chi connectivity index (χ0) is 12.5. The lowest BCUT2D eigenvalue weighted by atomic mass is 9.85.